The number of nitrogens with zero attached hydrogens (tertiary/aromatic N) is 1. The van der Waals surface area contributed by atoms with Crippen molar-refractivity contribution in [2.24, 2.45) is 35.1 Å². The quantitative estimate of drug-likeness (QED) is 0.0256. The van der Waals surface area contributed by atoms with Crippen LogP contribution in [-0.4, -0.2) is 194 Å². The average molecular weight is 1480 g/mol. The Labute approximate surface area is 600 Å². The second-order valence-corrected chi connectivity index (χ2v) is 26.3. The van der Waals surface area contributed by atoms with Crippen LogP contribution >= 0.6 is 0 Å². The Hall–Kier alpha value is -9.78. The van der Waals surface area contributed by atoms with Gasteiger partial charge in [-0.3, -0.25) is 33.6 Å². The summed E-state index contributed by atoms with van der Waals surface area (Å²) in [5.74, 6) is -5.72. The Kier molecular flexibility index (Phi) is 43.1. The number of anilines is 2. The van der Waals surface area contributed by atoms with E-state index in [0.717, 1.165) is 30.6 Å². The molecule has 103 heavy (non-hydrogen) atoms. The van der Waals surface area contributed by atoms with Crippen LogP contribution in [0.4, 0.5) is 40.1 Å². The number of carbonyl (C=O) groups excluding carboxylic acids is 13. The van der Waals surface area contributed by atoms with E-state index < -0.39 is 151 Å². The lowest BCUT2D eigenvalue weighted by Gasteiger charge is -2.26. The van der Waals surface area contributed by atoms with E-state index >= 15 is 0 Å². The summed E-state index contributed by atoms with van der Waals surface area (Å²) in [6, 6.07) is 6.14. The van der Waals surface area contributed by atoms with Crippen molar-refractivity contribution in [2.75, 3.05) is 89.5 Å². The van der Waals surface area contributed by atoms with Crippen LogP contribution in [0.15, 0.2) is 48.5 Å². The molecule has 0 aliphatic heterocycles. The zero-order valence-corrected chi connectivity index (χ0v) is 61.0. The number of urea groups is 2. The third-order valence-electron chi connectivity index (χ3n) is 14.6. The molecule has 0 fully saturated rings. The van der Waals surface area contributed by atoms with Crippen molar-refractivity contribution in [3.8, 4) is 0 Å². The molecule has 0 saturated heterocycles. The number of hydrogen-bond acceptors (Lipinski definition) is 22. The summed E-state index contributed by atoms with van der Waals surface area (Å²) in [4.78, 5) is 167. The molecule has 0 aliphatic rings. The highest BCUT2D eigenvalue weighted by atomic mass is 32.2. The van der Waals surface area contributed by atoms with Gasteiger partial charge in [-0.1, -0.05) is 106 Å². The number of nitrogens with two attached hydrogens (primary N) is 2. The van der Waals surface area contributed by atoms with E-state index in [0.29, 0.717) is 28.9 Å². The average Bonchev–Trinajstić information content (AvgIpc) is 0.877. The predicted octanol–water partition coefficient (Wildman–Crippen LogP) is 3.52. The van der Waals surface area contributed by atoms with Crippen LogP contribution in [0, 0.1) is 23.7 Å². The van der Waals surface area contributed by atoms with Gasteiger partial charge >= 0.3 is 58.6 Å². The first-order valence-electron chi connectivity index (χ1n) is 34.2. The van der Waals surface area contributed by atoms with Gasteiger partial charge < -0.3 is 97.4 Å². The molecule has 13 amide bonds. The van der Waals surface area contributed by atoms with Crippen molar-refractivity contribution in [1.82, 2.24) is 51.6 Å². The summed E-state index contributed by atoms with van der Waals surface area (Å²) < 4.78 is 65.6. The van der Waals surface area contributed by atoms with Gasteiger partial charge in [0.1, 0.15) is 57.2 Å². The van der Waals surface area contributed by atoms with Crippen LogP contribution in [0.1, 0.15) is 138 Å². The summed E-state index contributed by atoms with van der Waals surface area (Å²) in [5.41, 5.74) is 12.4. The Morgan fingerprint density at radius 3 is 1.33 bits per heavy atom. The summed E-state index contributed by atoms with van der Waals surface area (Å²) in [6.07, 6.45) is 0.131. The fourth-order valence-corrected chi connectivity index (χ4v) is 9.54. The van der Waals surface area contributed by atoms with E-state index in [4.69, 9.17) is 44.6 Å². The van der Waals surface area contributed by atoms with E-state index in [1.807, 2.05) is 0 Å². The molecular formula is C66H106N14O22S. The van der Waals surface area contributed by atoms with E-state index in [9.17, 15) is 70.7 Å². The Balaban J connectivity index is 2.20. The zero-order chi connectivity index (χ0) is 76.9. The molecule has 2 aromatic carbocycles. The van der Waals surface area contributed by atoms with Crippen molar-refractivity contribution >= 4 is 99.5 Å². The molecule has 0 spiro atoms. The number of primary amides is 2. The Morgan fingerprint density at radius 1 is 0.456 bits per heavy atom. The molecule has 0 heterocycles. The Morgan fingerprint density at radius 2 is 0.903 bits per heavy atom. The molecule has 2 rings (SSSR count). The second-order valence-electron chi connectivity index (χ2n) is 24.8. The summed E-state index contributed by atoms with van der Waals surface area (Å²) >= 11 is 0. The highest BCUT2D eigenvalue weighted by molar-refractivity contribution is 7.88. The first-order valence-corrected chi connectivity index (χ1v) is 35.7. The highest BCUT2D eigenvalue weighted by Crippen LogP contribution is 2.16. The SMILES string of the molecule is CCCCCCC(=O)NCCCOC(=O)NS(=O)(=O)NCCOCCOC(=O)N(CCOC(=O)N[C@H](C(=O)NC(CCCNC(N)=O)C(=O)Nc1ccc(COC(=O)C(C)C)cc1)C(C)C)CCOC(=O)N[C@H](C(=O)NC(CCCNC(N)=O)C(=O)Nc1ccc(COC(=O)C(C)C)cc1)C(C)C. The minimum atomic E-state index is -4.40. The number of nitrogens with one attached hydrogen (secondary N) is 11. The summed E-state index contributed by atoms with van der Waals surface area (Å²) in [5, 5.41) is 23.2. The van der Waals surface area contributed by atoms with Crippen LogP contribution in [-0.2, 0) is 90.1 Å². The van der Waals surface area contributed by atoms with Gasteiger partial charge in [-0.25, -0.2) is 33.5 Å². The number of benzene rings is 2. The van der Waals surface area contributed by atoms with E-state index in [2.05, 4.69) is 59.5 Å². The molecule has 0 saturated carbocycles. The predicted molar refractivity (Wildman–Crippen MR) is 375 cm³/mol. The van der Waals surface area contributed by atoms with Gasteiger partial charge in [0, 0.05) is 44.0 Å². The van der Waals surface area contributed by atoms with Gasteiger partial charge in [0.05, 0.1) is 44.7 Å². The number of rotatable bonds is 49. The standard InChI is InChI=1S/C66H106N14O22S/c1-10-11-12-13-19-52(81)69-30-16-34-97-65(92)79-103(94,95)72-31-35-96-38-39-100-66(93)80(32-36-98-63(90)77-53(42(2)3)57(84)75-50(17-14-28-70-61(67)88)55(82)73-48-24-20-46(21-25-48)40-101-59(86)44(6)7)33-37-99-64(91)78-54(43(4)5)58(85)76-51(18-15-29-71-62(68)89)56(83)74-49-26-22-47(23-27-49)41-102-60(87)45(8)9/h20-27,42-45,50-51,53-54,72H,10-19,28-41H2,1-9H3,(H,69,81)(H,73,82)(H,74,83)(H,75,84)(H,76,85)(H,77,90)(H,78,91)(H,79,92)(H3,67,70,88)(H3,68,71,89)/t50?,51?,53-,54-/m0/s1. The van der Waals surface area contributed by atoms with Crippen LogP contribution in [0.2, 0.25) is 0 Å². The molecule has 0 bridgehead atoms. The lowest BCUT2D eigenvalue weighted by Crippen LogP contribution is -2.55. The third kappa shape index (κ3) is 40.5. The van der Waals surface area contributed by atoms with Crippen LogP contribution in [0.3, 0.4) is 0 Å². The van der Waals surface area contributed by atoms with Crippen LogP contribution < -0.4 is 68.8 Å². The first-order chi connectivity index (χ1) is 48.8. The Bertz CT molecular complexity index is 2990. The molecule has 36 nitrogen and oxygen atoms in total. The van der Waals surface area contributed by atoms with Gasteiger partial charge in [-0.15, -0.1) is 0 Å². The van der Waals surface area contributed by atoms with Crippen molar-refractivity contribution in [3.63, 3.8) is 0 Å². The fourth-order valence-electron chi connectivity index (χ4n) is 8.83. The van der Waals surface area contributed by atoms with E-state index in [-0.39, 0.29) is 109 Å². The maximum absolute atomic E-state index is 13.9. The molecule has 578 valence electrons. The molecule has 2 unspecified atom stereocenters. The summed E-state index contributed by atoms with van der Waals surface area (Å²) in [6.45, 7) is 12.1. The normalized spacial score (nSPS) is 12.2. The lowest BCUT2D eigenvalue weighted by molar-refractivity contribution is -0.149. The maximum Gasteiger partial charge on any atom is 0.421 e. The zero-order valence-electron chi connectivity index (χ0n) is 60.2. The van der Waals surface area contributed by atoms with E-state index in [1.165, 1.54) is 0 Å². The van der Waals surface area contributed by atoms with E-state index in [1.54, 1.807) is 109 Å². The molecule has 15 N–H and O–H groups in total. The number of esters is 2. The highest BCUT2D eigenvalue weighted by Gasteiger charge is 2.32. The maximum atomic E-state index is 13.9. The van der Waals surface area contributed by atoms with Gasteiger partial charge in [0.2, 0.25) is 29.5 Å². The lowest BCUT2D eigenvalue weighted by atomic mass is 10.0. The van der Waals surface area contributed by atoms with Crippen LogP contribution in [0.25, 0.3) is 0 Å². The largest absolute Gasteiger partial charge is 0.461 e. The molecule has 0 aromatic heterocycles. The minimum Gasteiger partial charge on any atom is -0.461 e. The topological polar surface area (TPSA) is 508 Å². The van der Waals surface area contributed by atoms with Crippen LogP contribution in [0.5, 0.6) is 0 Å². The number of amides is 13. The third-order valence-corrected chi connectivity index (χ3v) is 15.6. The van der Waals surface area contributed by atoms with Crippen molar-refractivity contribution in [3.05, 3.63) is 59.7 Å². The molecule has 4 atom stereocenters. The van der Waals surface area contributed by atoms with Gasteiger partial charge in [0.15, 0.2) is 0 Å². The van der Waals surface area contributed by atoms with Crippen molar-refractivity contribution < 1.29 is 104 Å². The smallest absolute Gasteiger partial charge is 0.421 e. The van der Waals surface area contributed by atoms with Gasteiger partial charge in [0.25, 0.3) is 0 Å². The van der Waals surface area contributed by atoms with Gasteiger partial charge in [-0.05, 0) is 85.8 Å². The minimum absolute atomic E-state index is 0.00174. The monoisotopic (exact) mass is 1480 g/mol. The molecule has 2 aromatic rings. The molecule has 0 radical (unpaired) electrons. The fraction of sp³-hybridized carbons (Fsp3) is 0.621. The number of ether oxygens (including phenoxy) is 7. The molecule has 37 heteroatoms. The number of unbranched alkanes of at least 4 members (excludes halogenated alkanes) is 3. The van der Waals surface area contributed by atoms with Crippen molar-refractivity contribution in [2.45, 2.75) is 164 Å². The second kappa shape index (κ2) is 49.7. The number of alkyl carbamates (subject to hydrolysis) is 2. The number of hydrogen-bond donors (Lipinski definition) is 13. The van der Waals surface area contributed by atoms with Gasteiger partial charge in [-0.2, -0.15) is 13.1 Å². The van der Waals surface area contributed by atoms with Crippen molar-refractivity contribution in [1.29, 1.82) is 0 Å². The summed E-state index contributed by atoms with van der Waals surface area (Å²) in [7, 11) is -4.40. The molecule has 0 aliphatic carbocycles. The number of carbonyl (C=O) groups is 13. The molecular weight excluding hydrogens is 1370 g/mol. The first kappa shape index (κ1) is 89.3.